The Morgan fingerprint density at radius 2 is 2.25 bits per heavy atom. The molecule has 1 amide bonds. The van der Waals surface area contributed by atoms with Gasteiger partial charge in [-0.3, -0.25) is 4.79 Å². The van der Waals surface area contributed by atoms with Crippen LogP contribution in [0.4, 0.5) is 5.82 Å². The number of piperidine rings is 1. The average Bonchev–Trinajstić information content (AvgIpc) is 2.88. The minimum Gasteiger partial charge on any atom is -0.465 e. The van der Waals surface area contributed by atoms with E-state index in [-0.39, 0.29) is 11.9 Å². The molecule has 0 aromatic carbocycles. The zero-order valence-corrected chi connectivity index (χ0v) is 14.1. The van der Waals surface area contributed by atoms with Crippen molar-refractivity contribution in [1.82, 2.24) is 9.88 Å². The van der Waals surface area contributed by atoms with Crippen molar-refractivity contribution in [2.45, 2.75) is 25.8 Å². The summed E-state index contributed by atoms with van der Waals surface area (Å²) in [4.78, 5) is 32.0. The first-order valence-electron chi connectivity index (χ1n) is 7.97. The van der Waals surface area contributed by atoms with Gasteiger partial charge in [0.2, 0.25) is 5.91 Å². The van der Waals surface area contributed by atoms with E-state index in [1.54, 1.807) is 17.9 Å². The molecule has 2 atom stereocenters. The van der Waals surface area contributed by atoms with Crippen LogP contribution in [0.5, 0.6) is 0 Å². The number of nitriles is 1. The summed E-state index contributed by atoms with van der Waals surface area (Å²) in [5, 5.41) is 9.47. The highest BCUT2D eigenvalue weighted by atomic mass is 16.5. The van der Waals surface area contributed by atoms with Crippen LogP contribution in [0.3, 0.4) is 0 Å². The maximum atomic E-state index is 11.9. The Morgan fingerprint density at radius 1 is 1.50 bits per heavy atom. The summed E-state index contributed by atoms with van der Waals surface area (Å²) in [6.07, 6.45) is 1.50. The van der Waals surface area contributed by atoms with Gasteiger partial charge in [0, 0.05) is 26.6 Å². The number of ether oxygens (including phenoxy) is 1. The fourth-order valence-electron chi connectivity index (χ4n) is 3.64. The number of aromatic nitrogens is 1. The van der Waals surface area contributed by atoms with Crippen LogP contribution in [-0.2, 0) is 9.53 Å². The Bertz CT molecular complexity index is 740. The van der Waals surface area contributed by atoms with Crippen molar-refractivity contribution in [3.05, 3.63) is 22.9 Å². The highest BCUT2D eigenvalue weighted by Crippen LogP contribution is 2.34. The number of nitrogens with zero attached hydrogens (tertiary/aromatic N) is 4. The quantitative estimate of drug-likeness (QED) is 0.756. The number of hydrogen-bond donors (Lipinski definition) is 0. The molecule has 1 aromatic heterocycles. The molecule has 24 heavy (non-hydrogen) atoms. The van der Waals surface area contributed by atoms with Crippen molar-refractivity contribution in [2.24, 2.45) is 5.92 Å². The van der Waals surface area contributed by atoms with E-state index in [2.05, 4.69) is 11.1 Å². The summed E-state index contributed by atoms with van der Waals surface area (Å²) >= 11 is 0. The van der Waals surface area contributed by atoms with Gasteiger partial charge in [0.25, 0.3) is 0 Å². The summed E-state index contributed by atoms with van der Waals surface area (Å²) in [6.45, 7) is 3.14. The molecular formula is C17H20N4O3. The van der Waals surface area contributed by atoms with Crippen LogP contribution >= 0.6 is 0 Å². The van der Waals surface area contributed by atoms with E-state index in [1.807, 2.05) is 11.9 Å². The highest BCUT2D eigenvalue weighted by molar-refractivity contribution is 5.91. The van der Waals surface area contributed by atoms with Crippen molar-refractivity contribution in [1.29, 1.82) is 5.26 Å². The molecular weight excluding hydrogens is 308 g/mol. The van der Waals surface area contributed by atoms with Crippen molar-refractivity contribution in [3.63, 3.8) is 0 Å². The summed E-state index contributed by atoms with van der Waals surface area (Å²) in [6, 6.07) is 3.82. The summed E-state index contributed by atoms with van der Waals surface area (Å²) in [5.74, 6) is 0.633. The molecule has 2 aliphatic rings. The molecule has 0 saturated carbocycles. The number of fused-ring (bicyclic) bond motifs is 1. The maximum absolute atomic E-state index is 11.9. The minimum atomic E-state index is -0.497. The minimum absolute atomic E-state index is 0.153. The lowest BCUT2D eigenvalue weighted by Crippen LogP contribution is -2.48. The Hall–Kier alpha value is -2.62. The van der Waals surface area contributed by atoms with Crippen LogP contribution in [0, 0.1) is 24.2 Å². The molecule has 7 nitrogen and oxygen atoms in total. The number of rotatable bonds is 2. The predicted molar refractivity (Wildman–Crippen MR) is 86.5 cm³/mol. The van der Waals surface area contributed by atoms with Crippen LogP contribution in [0.25, 0.3) is 0 Å². The number of amides is 1. The lowest BCUT2D eigenvalue weighted by molar-refractivity contribution is -0.127. The van der Waals surface area contributed by atoms with Crippen LogP contribution in [0.2, 0.25) is 0 Å². The topological polar surface area (TPSA) is 86.5 Å². The molecule has 1 aromatic rings. The summed E-state index contributed by atoms with van der Waals surface area (Å²) in [7, 11) is 3.14. The largest absolute Gasteiger partial charge is 0.465 e. The van der Waals surface area contributed by atoms with Gasteiger partial charge in [-0.05, 0) is 25.3 Å². The zero-order chi connectivity index (χ0) is 17.4. The second-order valence-electron chi connectivity index (χ2n) is 6.37. The van der Waals surface area contributed by atoms with Crippen LogP contribution in [0.15, 0.2) is 6.07 Å². The van der Waals surface area contributed by atoms with Crippen LogP contribution < -0.4 is 4.90 Å². The third-order valence-electron chi connectivity index (χ3n) is 5.07. The van der Waals surface area contributed by atoms with E-state index in [0.29, 0.717) is 41.5 Å². The lowest BCUT2D eigenvalue weighted by atomic mass is 9.92. The Morgan fingerprint density at radius 3 is 2.92 bits per heavy atom. The first-order valence-corrected chi connectivity index (χ1v) is 7.97. The summed E-state index contributed by atoms with van der Waals surface area (Å²) in [5.41, 5.74) is 1.20. The Kier molecular flexibility index (Phi) is 4.14. The molecule has 3 rings (SSSR count). The van der Waals surface area contributed by atoms with E-state index in [1.165, 1.54) is 7.11 Å². The zero-order valence-electron chi connectivity index (χ0n) is 14.1. The highest BCUT2D eigenvalue weighted by Gasteiger charge is 2.41. The first kappa shape index (κ1) is 16.2. The summed E-state index contributed by atoms with van der Waals surface area (Å²) < 4.78 is 4.74. The number of likely N-dealkylation sites (tertiary alicyclic amines) is 1. The van der Waals surface area contributed by atoms with Crippen molar-refractivity contribution >= 4 is 17.7 Å². The van der Waals surface area contributed by atoms with Gasteiger partial charge >= 0.3 is 5.97 Å². The van der Waals surface area contributed by atoms with Crippen molar-refractivity contribution < 1.29 is 14.3 Å². The van der Waals surface area contributed by atoms with E-state index in [0.717, 1.165) is 13.0 Å². The molecule has 3 heterocycles. The number of pyridine rings is 1. The number of carbonyl (C=O) groups excluding carboxylic acids is 2. The van der Waals surface area contributed by atoms with Crippen LogP contribution in [-0.4, -0.2) is 55.0 Å². The fraction of sp³-hybridized carbons (Fsp3) is 0.529. The van der Waals surface area contributed by atoms with Gasteiger partial charge in [0.15, 0.2) is 0 Å². The smallest absolute Gasteiger partial charge is 0.339 e. The van der Waals surface area contributed by atoms with Gasteiger partial charge in [-0.25, -0.2) is 9.78 Å². The Balaban J connectivity index is 1.92. The van der Waals surface area contributed by atoms with Gasteiger partial charge < -0.3 is 14.5 Å². The molecule has 2 saturated heterocycles. The van der Waals surface area contributed by atoms with Crippen molar-refractivity contribution in [2.75, 3.05) is 32.1 Å². The van der Waals surface area contributed by atoms with Crippen molar-refractivity contribution in [3.8, 4) is 6.07 Å². The van der Waals surface area contributed by atoms with Gasteiger partial charge in [-0.15, -0.1) is 0 Å². The second-order valence-corrected chi connectivity index (χ2v) is 6.37. The number of esters is 1. The number of hydrogen-bond acceptors (Lipinski definition) is 6. The number of likely N-dealkylation sites (N-methyl/N-ethyl adjacent to an activating group) is 1. The predicted octanol–water partition coefficient (Wildman–Crippen LogP) is 1.11. The number of methoxy groups -OCH3 is 1. The lowest BCUT2D eigenvalue weighted by Gasteiger charge is -2.38. The monoisotopic (exact) mass is 328 g/mol. The van der Waals surface area contributed by atoms with Gasteiger partial charge in [0.05, 0.1) is 30.0 Å². The molecule has 0 aliphatic carbocycles. The Labute approximate surface area is 140 Å². The van der Waals surface area contributed by atoms with Gasteiger partial charge in [-0.1, -0.05) is 0 Å². The van der Waals surface area contributed by atoms with E-state index in [9.17, 15) is 14.9 Å². The molecule has 2 aliphatic heterocycles. The average molecular weight is 328 g/mol. The van der Waals surface area contributed by atoms with Gasteiger partial charge in [-0.2, -0.15) is 5.26 Å². The van der Waals surface area contributed by atoms with E-state index >= 15 is 0 Å². The number of aryl methyl sites for hydroxylation is 1. The molecule has 0 unspecified atom stereocenters. The molecule has 7 heteroatoms. The number of carbonyl (C=O) groups is 2. The molecule has 0 radical (unpaired) electrons. The SMILES string of the molecule is COC(=O)c1cc(C#N)c(N2CC[C@@H]3CC(=O)N(C)[C@@H]3C2)nc1C. The second kappa shape index (κ2) is 6.11. The third kappa shape index (κ3) is 2.58. The third-order valence-corrected chi connectivity index (χ3v) is 5.07. The standard InChI is InChI=1S/C17H20N4O3/c1-10-13(17(23)24-3)6-12(8-18)16(19-10)21-5-4-11-7-15(22)20(2)14(11)9-21/h6,11,14H,4-5,7,9H2,1-3H3/t11-,14-/m1/s1. The fourth-order valence-corrected chi connectivity index (χ4v) is 3.64. The molecule has 126 valence electrons. The first-order chi connectivity index (χ1) is 11.5. The normalized spacial score (nSPS) is 23.0. The van der Waals surface area contributed by atoms with Crippen LogP contribution in [0.1, 0.15) is 34.5 Å². The molecule has 2 fully saturated rings. The van der Waals surface area contributed by atoms with E-state index in [4.69, 9.17) is 4.74 Å². The molecule has 0 N–H and O–H groups in total. The van der Waals surface area contributed by atoms with E-state index < -0.39 is 5.97 Å². The molecule has 0 bridgehead atoms. The maximum Gasteiger partial charge on any atom is 0.339 e. The molecule has 0 spiro atoms. The number of anilines is 1. The van der Waals surface area contributed by atoms with Gasteiger partial charge in [0.1, 0.15) is 11.9 Å².